The third kappa shape index (κ3) is 4.74. The summed E-state index contributed by atoms with van der Waals surface area (Å²) in [4.78, 5) is 44.9. The fraction of sp³-hybridized carbons (Fsp3) is 0.304. The number of para-hydroxylation sites is 1. The lowest BCUT2D eigenvalue weighted by atomic mass is 9.93. The minimum Gasteiger partial charge on any atom is -0.314 e. The van der Waals surface area contributed by atoms with Crippen LogP contribution in [-0.4, -0.2) is 28.4 Å². The van der Waals surface area contributed by atoms with Gasteiger partial charge in [0.1, 0.15) is 6.54 Å². The highest BCUT2D eigenvalue weighted by Crippen LogP contribution is 2.32. The summed E-state index contributed by atoms with van der Waals surface area (Å²) in [5.41, 5.74) is 1.76. The number of anilines is 2. The van der Waals surface area contributed by atoms with E-state index < -0.39 is 0 Å². The van der Waals surface area contributed by atoms with E-state index in [-0.39, 0.29) is 23.9 Å². The van der Waals surface area contributed by atoms with Crippen molar-refractivity contribution in [3.05, 3.63) is 75.1 Å². The van der Waals surface area contributed by atoms with Gasteiger partial charge < -0.3 is 9.47 Å². The molecule has 2 aromatic heterocycles. The molecule has 1 unspecified atom stereocenters. The Bertz CT molecular complexity index is 1170. The van der Waals surface area contributed by atoms with Crippen LogP contribution in [0, 0.1) is 5.92 Å². The highest BCUT2D eigenvalue weighted by Gasteiger charge is 2.21. The van der Waals surface area contributed by atoms with Gasteiger partial charge in [-0.1, -0.05) is 25.1 Å². The number of fused-ring (bicyclic) bond motifs is 1. The fourth-order valence-electron chi connectivity index (χ4n) is 3.60. The van der Waals surface area contributed by atoms with Crippen LogP contribution in [0.5, 0.6) is 0 Å². The summed E-state index contributed by atoms with van der Waals surface area (Å²) in [6.45, 7) is 2.06. The molecule has 0 saturated carbocycles. The Hall–Kier alpha value is -3.26. The molecule has 4 rings (SSSR count). The Morgan fingerprint density at radius 2 is 2.00 bits per heavy atom. The van der Waals surface area contributed by atoms with Crippen LogP contribution >= 0.6 is 11.3 Å². The standard InChI is InChI=1S/C23H24N4O3S/c1-15-8-10-18-19(12-15)31-23(24-18)25-22(30)16-9-11-20(28)27(13-16)14-21(29)26(2)17-6-4-3-5-7-17/h3-7,9,11,13,15H,8,10,12,14H2,1-2H3,(H,24,25,30). The number of carbonyl (C=O) groups is 2. The van der Waals surface area contributed by atoms with Gasteiger partial charge in [0.15, 0.2) is 5.13 Å². The quantitative estimate of drug-likeness (QED) is 0.665. The lowest BCUT2D eigenvalue weighted by Gasteiger charge is -2.18. The number of pyridine rings is 1. The maximum absolute atomic E-state index is 12.7. The Kier molecular flexibility index (Phi) is 5.99. The number of benzene rings is 1. The second-order valence-electron chi connectivity index (χ2n) is 7.86. The van der Waals surface area contributed by atoms with Gasteiger partial charge in [0.2, 0.25) is 5.91 Å². The van der Waals surface area contributed by atoms with E-state index in [0.29, 0.717) is 16.6 Å². The predicted molar refractivity (Wildman–Crippen MR) is 122 cm³/mol. The van der Waals surface area contributed by atoms with Gasteiger partial charge in [0, 0.05) is 29.9 Å². The Morgan fingerprint density at radius 3 is 2.77 bits per heavy atom. The monoisotopic (exact) mass is 436 g/mol. The molecule has 0 aliphatic heterocycles. The smallest absolute Gasteiger partial charge is 0.258 e. The van der Waals surface area contributed by atoms with E-state index in [2.05, 4.69) is 17.2 Å². The van der Waals surface area contributed by atoms with Crippen LogP contribution in [0.1, 0.15) is 34.3 Å². The van der Waals surface area contributed by atoms with E-state index in [1.54, 1.807) is 7.05 Å². The van der Waals surface area contributed by atoms with Crippen molar-refractivity contribution in [2.24, 2.45) is 5.92 Å². The SMILES string of the molecule is CC1CCc2nc(NC(=O)c3ccc(=O)n(CC(=O)N(C)c4ccccc4)c3)sc2C1. The number of amides is 2. The molecule has 2 amide bonds. The first-order valence-corrected chi connectivity index (χ1v) is 11.0. The molecule has 0 fully saturated rings. The minimum absolute atomic E-state index is 0.158. The van der Waals surface area contributed by atoms with E-state index >= 15 is 0 Å². The number of rotatable bonds is 5. The number of nitrogens with one attached hydrogen (secondary N) is 1. The highest BCUT2D eigenvalue weighted by molar-refractivity contribution is 7.15. The molecule has 0 radical (unpaired) electrons. The topological polar surface area (TPSA) is 84.3 Å². The average Bonchev–Trinajstić information content (AvgIpc) is 3.16. The van der Waals surface area contributed by atoms with Crippen molar-refractivity contribution in [2.45, 2.75) is 32.7 Å². The van der Waals surface area contributed by atoms with Gasteiger partial charge in [-0.3, -0.25) is 19.7 Å². The zero-order chi connectivity index (χ0) is 22.0. The average molecular weight is 437 g/mol. The van der Waals surface area contributed by atoms with Gasteiger partial charge in [-0.15, -0.1) is 11.3 Å². The summed E-state index contributed by atoms with van der Waals surface area (Å²) >= 11 is 1.51. The molecule has 0 saturated heterocycles. The van der Waals surface area contributed by atoms with Gasteiger partial charge in [-0.2, -0.15) is 0 Å². The number of hydrogen-bond acceptors (Lipinski definition) is 5. The largest absolute Gasteiger partial charge is 0.314 e. The van der Waals surface area contributed by atoms with Crippen molar-refractivity contribution >= 4 is 34.0 Å². The summed E-state index contributed by atoms with van der Waals surface area (Å²) in [7, 11) is 1.66. The predicted octanol–water partition coefficient (Wildman–Crippen LogP) is 3.34. The van der Waals surface area contributed by atoms with Crippen LogP contribution in [0.25, 0.3) is 0 Å². The van der Waals surface area contributed by atoms with E-state index in [4.69, 9.17) is 0 Å². The van der Waals surface area contributed by atoms with Crippen molar-refractivity contribution in [3.8, 4) is 0 Å². The Morgan fingerprint density at radius 1 is 1.23 bits per heavy atom. The molecule has 0 spiro atoms. The van der Waals surface area contributed by atoms with E-state index in [1.165, 1.54) is 44.0 Å². The van der Waals surface area contributed by atoms with Crippen molar-refractivity contribution in [3.63, 3.8) is 0 Å². The number of hydrogen-bond donors (Lipinski definition) is 1. The Labute approximate surface area is 184 Å². The minimum atomic E-state index is -0.350. The molecule has 3 aromatic rings. The van der Waals surface area contributed by atoms with Gasteiger partial charge >= 0.3 is 0 Å². The first-order chi connectivity index (χ1) is 14.9. The van der Waals surface area contributed by atoms with Crippen molar-refractivity contribution in [1.82, 2.24) is 9.55 Å². The van der Waals surface area contributed by atoms with E-state index in [9.17, 15) is 14.4 Å². The molecule has 1 N–H and O–H groups in total. The van der Waals surface area contributed by atoms with Crippen LogP contribution in [-0.2, 0) is 24.2 Å². The molecule has 7 nitrogen and oxygen atoms in total. The van der Waals surface area contributed by atoms with E-state index in [0.717, 1.165) is 30.6 Å². The number of aromatic nitrogens is 2. The molecule has 31 heavy (non-hydrogen) atoms. The van der Waals surface area contributed by atoms with Crippen LogP contribution in [0.15, 0.2) is 53.5 Å². The number of carbonyl (C=O) groups excluding carboxylic acids is 2. The zero-order valence-electron chi connectivity index (χ0n) is 17.5. The molecule has 1 aliphatic carbocycles. The van der Waals surface area contributed by atoms with Crippen LogP contribution in [0.3, 0.4) is 0 Å². The number of likely N-dealkylation sites (N-methyl/N-ethyl adjacent to an activating group) is 1. The molecule has 0 bridgehead atoms. The molecular formula is C23H24N4O3S. The number of thiazole rings is 1. The summed E-state index contributed by atoms with van der Waals surface area (Å²) < 4.78 is 1.26. The summed E-state index contributed by atoms with van der Waals surface area (Å²) in [5, 5.41) is 3.41. The van der Waals surface area contributed by atoms with E-state index in [1.807, 2.05) is 30.3 Å². The molecular weight excluding hydrogens is 412 g/mol. The maximum Gasteiger partial charge on any atom is 0.258 e. The molecule has 1 aliphatic rings. The van der Waals surface area contributed by atoms with Crippen LogP contribution in [0.2, 0.25) is 0 Å². The zero-order valence-corrected chi connectivity index (χ0v) is 18.3. The van der Waals surface area contributed by atoms with Gasteiger partial charge in [0.05, 0.1) is 11.3 Å². The van der Waals surface area contributed by atoms with Crippen molar-refractivity contribution < 1.29 is 9.59 Å². The molecule has 2 heterocycles. The third-order valence-corrected chi connectivity index (χ3v) is 6.51. The first-order valence-electron chi connectivity index (χ1n) is 10.2. The maximum atomic E-state index is 12.7. The highest BCUT2D eigenvalue weighted by atomic mass is 32.1. The summed E-state index contributed by atoms with van der Waals surface area (Å²) in [6, 6.07) is 12.0. The number of aryl methyl sites for hydroxylation is 1. The lowest BCUT2D eigenvalue weighted by molar-refractivity contribution is -0.118. The molecule has 160 valence electrons. The van der Waals surface area contributed by atoms with Gasteiger partial charge in [-0.05, 0) is 43.4 Å². The van der Waals surface area contributed by atoms with Crippen molar-refractivity contribution in [1.29, 1.82) is 0 Å². The Balaban J connectivity index is 1.48. The normalized spacial score (nSPS) is 15.2. The fourth-order valence-corrected chi connectivity index (χ4v) is 4.77. The first kappa shape index (κ1) is 21.0. The molecule has 1 aromatic carbocycles. The van der Waals surface area contributed by atoms with Crippen molar-refractivity contribution in [2.75, 3.05) is 17.3 Å². The van der Waals surface area contributed by atoms with Crippen LogP contribution < -0.4 is 15.8 Å². The van der Waals surface area contributed by atoms with Gasteiger partial charge in [-0.25, -0.2) is 4.98 Å². The number of nitrogens with zero attached hydrogens (tertiary/aromatic N) is 3. The summed E-state index contributed by atoms with van der Waals surface area (Å²) in [5.74, 6) is 0.0240. The molecule has 8 heteroatoms. The lowest BCUT2D eigenvalue weighted by Crippen LogP contribution is -2.34. The summed E-state index contributed by atoms with van der Waals surface area (Å²) in [6.07, 6.45) is 4.46. The second-order valence-corrected chi connectivity index (χ2v) is 8.95. The third-order valence-electron chi connectivity index (χ3n) is 5.48. The molecule has 1 atom stereocenters. The van der Waals surface area contributed by atoms with Gasteiger partial charge in [0.25, 0.3) is 11.5 Å². The van der Waals surface area contributed by atoms with Crippen LogP contribution in [0.4, 0.5) is 10.8 Å². The second kappa shape index (κ2) is 8.85.